The van der Waals surface area contributed by atoms with E-state index in [1.807, 2.05) is 25.1 Å². The normalized spacial score (nSPS) is 15.2. The van der Waals surface area contributed by atoms with Crippen molar-refractivity contribution in [3.05, 3.63) is 29.8 Å². The van der Waals surface area contributed by atoms with Gasteiger partial charge < -0.3 is 15.2 Å². The summed E-state index contributed by atoms with van der Waals surface area (Å²) in [6, 6.07) is 7.98. The molecular formula is C17H27NO3. The van der Waals surface area contributed by atoms with Gasteiger partial charge in [0, 0.05) is 6.42 Å². The summed E-state index contributed by atoms with van der Waals surface area (Å²) in [4.78, 5) is 11.4. The van der Waals surface area contributed by atoms with E-state index in [9.17, 15) is 9.90 Å². The van der Waals surface area contributed by atoms with E-state index in [0.717, 1.165) is 12.2 Å². The van der Waals surface area contributed by atoms with E-state index in [4.69, 9.17) is 4.74 Å². The number of hydrogen-bond acceptors (Lipinski definition) is 3. The highest BCUT2D eigenvalue weighted by molar-refractivity contribution is 5.78. The van der Waals surface area contributed by atoms with Crippen LogP contribution >= 0.6 is 0 Å². The van der Waals surface area contributed by atoms with Crippen molar-refractivity contribution in [2.45, 2.75) is 52.0 Å². The number of benzene rings is 1. The summed E-state index contributed by atoms with van der Waals surface area (Å²) in [7, 11) is 0. The lowest BCUT2D eigenvalue weighted by atomic mass is 9.97. The average molecular weight is 293 g/mol. The van der Waals surface area contributed by atoms with Crippen LogP contribution in [0.15, 0.2) is 24.3 Å². The zero-order valence-electron chi connectivity index (χ0n) is 13.5. The summed E-state index contributed by atoms with van der Waals surface area (Å²) in [5, 5.41) is 12.3. The van der Waals surface area contributed by atoms with Gasteiger partial charge in [0.2, 0.25) is 0 Å². The first-order chi connectivity index (χ1) is 9.94. The molecule has 2 N–H and O–H groups in total. The van der Waals surface area contributed by atoms with Crippen molar-refractivity contribution in [3.63, 3.8) is 0 Å². The van der Waals surface area contributed by atoms with Gasteiger partial charge in [-0.1, -0.05) is 39.0 Å². The van der Waals surface area contributed by atoms with Crippen LogP contribution in [0.2, 0.25) is 0 Å². The van der Waals surface area contributed by atoms with Crippen LogP contribution in [0.25, 0.3) is 0 Å². The lowest BCUT2D eigenvalue weighted by molar-refractivity contribution is -0.144. The Morgan fingerprint density at radius 3 is 2.62 bits per heavy atom. The van der Waals surface area contributed by atoms with Crippen molar-refractivity contribution in [3.8, 4) is 5.75 Å². The summed E-state index contributed by atoms with van der Waals surface area (Å²) < 4.78 is 5.85. The third kappa shape index (κ3) is 4.74. The molecule has 0 fully saturated rings. The molecule has 0 amide bonds. The summed E-state index contributed by atoms with van der Waals surface area (Å²) in [5.74, 6) is 0.445. The van der Waals surface area contributed by atoms with E-state index in [1.54, 1.807) is 6.92 Å². The van der Waals surface area contributed by atoms with Crippen LogP contribution in [-0.2, 0) is 4.79 Å². The fraction of sp³-hybridized carbons (Fsp3) is 0.588. The Hall–Kier alpha value is -1.55. The van der Waals surface area contributed by atoms with Crippen LogP contribution in [0.1, 0.15) is 52.0 Å². The van der Waals surface area contributed by atoms with Gasteiger partial charge in [-0.2, -0.15) is 0 Å². The minimum Gasteiger partial charge on any atom is -0.493 e. The smallest absolute Gasteiger partial charge is 0.323 e. The molecule has 0 aliphatic carbocycles. The second-order valence-electron chi connectivity index (χ2n) is 5.61. The Morgan fingerprint density at radius 2 is 2.05 bits per heavy atom. The molecule has 0 aliphatic rings. The van der Waals surface area contributed by atoms with Crippen molar-refractivity contribution in [2.75, 3.05) is 13.2 Å². The second kappa shape index (κ2) is 8.03. The second-order valence-corrected chi connectivity index (χ2v) is 5.61. The lowest BCUT2D eigenvalue weighted by Gasteiger charge is -2.26. The molecule has 0 bridgehead atoms. The molecule has 1 aromatic carbocycles. The first-order valence-electron chi connectivity index (χ1n) is 7.64. The van der Waals surface area contributed by atoms with Crippen molar-refractivity contribution < 1.29 is 14.6 Å². The largest absolute Gasteiger partial charge is 0.493 e. The van der Waals surface area contributed by atoms with Crippen LogP contribution in [0.5, 0.6) is 5.75 Å². The highest BCUT2D eigenvalue weighted by atomic mass is 16.5. The van der Waals surface area contributed by atoms with E-state index in [0.29, 0.717) is 25.5 Å². The highest BCUT2D eigenvalue weighted by Crippen LogP contribution is 2.28. The minimum absolute atomic E-state index is 0.378. The van der Waals surface area contributed by atoms with E-state index in [2.05, 4.69) is 25.2 Å². The maximum absolute atomic E-state index is 11.4. The van der Waals surface area contributed by atoms with Gasteiger partial charge in [-0.25, -0.2) is 0 Å². The average Bonchev–Trinajstić information content (AvgIpc) is 2.47. The Kier molecular flexibility index (Phi) is 6.69. The Balaban J connectivity index is 2.69. The number of likely N-dealkylation sites (N-methyl/N-ethyl adjacent to an activating group) is 1. The predicted molar refractivity (Wildman–Crippen MR) is 85.0 cm³/mol. The quantitative estimate of drug-likeness (QED) is 0.732. The number of aliphatic carboxylic acids is 1. The van der Waals surface area contributed by atoms with Gasteiger partial charge in [0.05, 0.1) is 6.61 Å². The summed E-state index contributed by atoms with van der Waals surface area (Å²) in [5.41, 5.74) is 0.237. The summed E-state index contributed by atoms with van der Waals surface area (Å²) in [6.07, 6.45) is 1.47. The molecule has 2 unspecified atom stereocenters. The standard InChI is InChI=1S/C17H27NO3/c1-5-13(3)14-9-7-8-10-15(14)21-12-11-17(4,16(19)20)18-6-2/h7-10,13,18H,5-6,11-12H2,1-4H3,(H,19,20). The number of carboxylic acid groups (broad SMARTS) is 1. The molecule has 0 spiro atoms. The molecular weight excluding hydrogens is 266 g/mol. The summed E-state index contributed by atoms with van der Waals surface area (Å²) in [6.45, 7) is 8.91. The first kappa shape index (κ1) is 17.5. The van der Waals surface area contributed by atoms with Gasteiger partial charge in [0.15, 0.2) is 0 Å². The predicted octanol–water partition coefficient (Wildman–Crippen LogP) is 3.42. The van der Waals surface area contributed by atoms with Gasteiger partial charge in [0.1, 0.15) is 11.3 Å². The van der Waals surface area contributed by atoms with E-state index in [-0.39, 0.29) is 0 Å². The number of hydrogen-bond donors (Lipinski definition) is 2. The maximum atomic E-state index is 11.4. The van der Waals surface area contributed by atoms with Crippen molar-refractivity contribution >= 4 is 5.97 Å². The molecule has 0 aliphatic heterocycles. The Morgan fingerprint density at radius 1 is 1.38 bits per heavy atom. The fourth-order valence-electron chi connectivity index (χ4n) is 2.27. The number of para-hydroxylation sites is 1. The number of carboxylic acids is 1. The SMILES string of the molecule is CCNC(C)(CCOc1ccccc1C(C)CC)C(=O)O. The van der Waals surface area contributed by atoms with Gasteiger partial charge in [-0.15, -0.1) is 0 Å². The topological polar surface area (TPSA) is 58.6 Å². The van der Waals surface area contributed by atoms with Crippen molar-refractivity contribution in [1.29, 1.82) is 0 Å². The molecule has 0 radical (unpaired) electrons. The molecule has 0 heterocycles. The van der Waals surface area contributed by atoms with Gasteiger partial charge in [-0.3, -0.25) is 4.79 Å². The van der Waals surface area contributed by atoms with Crippen molar-refractivity contribution in [2.24, 2.45) is 0 Å². The maximum Gasteiger partial charge on any atom is 0.323 e. The number of carbonyl (C=O) groups is 1. The fourth-order valence-corrected chi connectivity index (χ4v) is 2.27. The number of rotatable bonds is 9. The van der Waals surface area contributed by atoms with Gasteiger partial charge in [-0.05, 0) is 37.4 Å². The first-order valence-corrected chi connectivity index (χ1v) is 7.64. The summed E-state index contributed by atoms with van der Waals surface area (Å²) >= 11 is 0. The van der Waals surface area contributed by atoms with Crippen LogP contribution in [0.3, 0.4) is 0 Å². The lowest BCUT2D eigenvalue weighted by Crippen LogP contribution is -2.50. The van der Waals surface area contributed by atoms with Gasteiger partial charge in [0.25, 0.3) is 0 Å². The molecule has 0 saturated carbocycles. The Labute approximate surface area is 127 Å². The molecule has 1 rings (SSSR count). The third-order valence-corrected chi connectivity index (χ3v) is 3.96. The monoisotopic (exact) mass is 293 g/mol. The minimum atomic E-state index is -0.944. The third-order valence-electron chi connectivity index (χ3n) is 3.96. The van der Waals surface area contributed by atoms with Crippen molar-refractivity contribution in [1.82, 2.24) is 5.32 Å². The molecule has 2 atom stereocenters. The van der Waals surface area contributed by atoms with Crippen LogP contribution in [0, 0.1) is 0 Å². The molecule has 21 heavy (non-hydrogen) atoms. The highest BCUT2D eigenvalue weighted by Gasteiger charge is 2.31. The molecule has 0 aromatic heterocycles. The van der Waals surface area contributed by atoms with Crippen LogP contribution in [0.4, 0.5) is 0 Å². The Bertz CT molecular complexity index is 461. The van der Waals surface area contributed by atoms with E-state index >= 15 is 0 Å². The van der Waals surface area contributed by atoms with Crippen LogP contribution in [-0.4, -0.2) is 29.8 Å². The van der Waals surface area contributed by atoms with E-state index < -0.39 is 11.5 Å². The molecule has 4 nitrogen and oxygen atoms in total. The number of nitrogens with one attached hydrogen (secondary N) is 1. The molecule has 1 aromatic rings. The van der Waals surface area contributed by atoms with E-state index in [1.165, 1.54) is 5.56 Å². The zero-order valence-corrected chi connectivity index (χ0v) is 13.5. The zero-order chi connectivity index (χ0) is 15.9. The van der Waals surface area contributed by atoms with Gasteiger partial charge >= 0.3 is 5.97 Å². The molecule has 0 saturated heterocycles. The molecule has 4 heteroatoms. The molecule has 118 valence electrons. The van der Waals surface area contributed by atoms with Crippen LogP contribution < -0.4 is 10.1 Å². The number of ether oxygens (including phenoxy) is 1.